The molecule has 0 bridgehead atoms. The van der Waals surface area contributed by atoms with Crippen molar-refractivity contribution >= 4 is 11.8 Å². The Labute approximate surface area is 148 Å². The maximum Gasteiger partial charge on any atom is 0.434 e. The number of carbonyl (C=O) groups excluding carboxylic acids is 2. The van der Waals surface area contributed by atoms with Crippen LogP contribution in [0, 0.1) is 5.92 Å². The number of furan rings is 1. The van der Waals surface area contributed by atoms with Crippen molar-refractivity contribution in [2.24, 2.45) is 5.92 Å². The van der Waals surface area contributed by atoms with Crippen molar-refractivity contribution in [2.75, 3.05) is 26.2 Å². The van der Waals surface area contributed by atoms with Gasteiger partial charge in [-0.25, -0.2) is 9.89 Å². The minimum atomic E-state index is -0.636. The molecule has 1 saturated heterocycles. The minimum absolute atomic E-state index is 0.0451. The number of ether oxygens (including phenoxy) is 1. The first-order valence-corrected chi connectivity index (χ1v) is 8.36. The number of aromatic amines is 1. The number of hydrogen-bond acceptors (Lipinski definition) is 7. The molecule has 1 unspecified atom stereocenters. The Morgan fingerprint density at radius 2 is 2.35 bits per heavy atom. The maximum atomic E-state index is 12.3. The summed E-state index contributed by atoms with van der Waals surface area (Å²) in [6, 6.07) is 3.28. The van der Waals surface area contributed by atoms with E-state index >= 15 is 0 Å². The van der Waals surface area contributed by atoms with Crippen LogP contribution in [0.25, 0.3) is 0 Å². The lowest BCUT2D eigenvalue weighted by Crippen LogP contribution is -2.45. The van der Waals surface area contributed by atoms with Gasteiger partial charge in [0.25, 0.3) is 5.91 Å². The van der Waals surface area contributed by atoms with Crippen molar-refractivity contribution in [3.8, 4) is 0 Å². The molecule has 0 radical (unpaired) electrons. The van der Waals surface area contributed by atoms with Gasteiger partial charge in [-0.3, -0.25) is 9.59 Å². The maximum absolute atomic E-state index is 12.3. The largest absolute Gasteiger partial charge is 0.459 e. The second-order valence-electron chi connectivity index (χ2n) is 5.92. The average Bonchev–Trinajstić information content (AvgIpc) is 3.32. The summed E-state index contributed by atoms with van der Waals surface area (Å²) in [7, 11) is 0. The van der Waals surface area contributed by atoms with Crippen LogP contribution < -0.4 is 11.1 Å². The molecule has 2 aromatic rings. The molecule has 2 aromatic heterocycles. The molecule has 2 N–H and O–H groups in total. The molecule has 0 spiro atoms. The normalized spacial score (nSPS) is 17.2. The number of piperidine rings is 1. The number of carbonyl (C=O) groups is 2. The van der Waals surface area contributed by atoms with E-state index in [4.69, 9.17) is 13.6 Å². The zero-order chi connectivity index (χ0) is 18.4. The van der Waals surface area contributed by atoms with E-state index in [1.54, 1.807) is 17.0 Å². The molecule has 10 heteroatoms. The lowest BCUT2D eigenvalue weighted by atomic mass is 9.97. The van der Waals surface area contributed by atoms with Crippen LogP contribution in [0.1, 0.15) is 29.3 Å². The molecule has 0 aliphatic carbocycles. The van der Waals surface area contributed by atoms with Gasteiger partial charge in [-0.2, -0.15) is 0 Å². The van der Waals surface area contributed by atoms with Crippen molar-refractivity contribution in [3.63, 3.8) is 0 Å². The zero-order valence-corrected chi connectivity index (χ0v) is 14.1. The van der Waals surface area contributed by atoms with Gasteiger partial charge in [-0.1, -0.05) is 0 Å². The van der Waals surface area contributed by atoms with Crippen molar-refractivity contribution in [2.45, 2.75) is 19.4 Å². The van der Waals surface area contributed by atoms with Crippen molar-refractivity contribution in [1.82, 2.24) is 20.4 Å². The molecule has 26 heavy (non-hydrogen) atoms. The molecule has 140 valence electrons. The van der Waals surface area contributed by atoms with Crippen LogP contribution in [0.4, 0.5) is 0 Å². The van der Waals surface area contributed by atoms with Gasteiger partial charge in [-0.05, 0) is 25.0 Å². The van der Waals surface area contributed by atoms with Crippen molar-refractivity contribution in [1.29, 1.82) is 0 Å². The summed E-state index contributed by atoms with van der Waals surface area (Å²) in [5, 5.41) is 8.53. The van der Waals surface area contributed by atoms with Crippen LogP contribution >= 0.6 is 0 Å². The van der Waals surface area contributed by atoms with E-state index in [-0.39, 0.29) is 42.6 Å². The molecule has 3 rings (SSSR count). The fraction of sp³-hybridized carbons (Fsp3) is 0.500. The number of likely N-dealkylation sites (tertiary alicyclic amines) is 1. The molecule has 1 aliphatic rings. The van der Waals surface area contributed by atoms with Gasteiger partial charge in [0.15, 0.2) is 5.76 Å². The number of hydrogen-bond donors (Lipinski definition) is 2. The summed E-state index contributed by atoms with van der Waals surface area (Å²) < 4.78 is 15.1. The highest BCUT2D eigenvalue weighted by Crippen LogP contribution is 2.19. The van der Waals surface area contributed by atoms with E-state index in [9.17, 15) is 14.4 Å². The standard InChI is InChI=1S/C16H20N4O6/c21-14(17-5-8-24-10-13-18-19-16(23)26-13)11-3-1-6-20(9-11)15(22)12-4-2-7-25-12/h2,4,7,11H,1,3,5-6,8-10H2,(H,17,21)(H,19,23). The predicted octanol–water partition coefficient (Wildman–Crippen LogP) is 0.141. The number of H-pyrrole nitrogens is 1. The highest BCUT2D eigenvalue weighted by molar-refractivity contribution is 5.92. The summed E-state index contributed by atoms with van der Waals surface area (Å²) in [5.74, 6) is -0.770. The Hall–Kier alpha value is -2.88. The van der Waals surface area contributed by atoms with Gasteiger partial charge in [-0.15, -0.1) is 5.10 Å². The van der Waals surface area contributed by atoms with Gasteiger partial charge in [0.05, 0.1) is 18.8 Å². The highest BCUT2D eigenvalue weighted by atomic mass is 16.5. The summed E-state index contributed by atoms with van der Waals surface area (Å²) in [6.45, 7) is 1.59. The highest BCUT2D eigenvalue weighted by Gasteiger charge is 2.29. The first-order chi connectivity index (χ1) is 12.6. The lowest BCUT2D eigenvalue weighted by Gasteiger charge is -2.31. The topological polar surface area (TPSA) is 131 Å². The molecule has 3 heterocycles. The third kappa shape index (κ3) is 4.60. The third-order valence-electron chi connectivity index (χ3n) is 4.06. The van der Waals surface area contributed by atoms with E-state index in [1.165, 1.54) is 6.26 Å². The van der Waals surface area contributed by atoms with Crippen LogP contribution in [-0.2, 0) is 16.1 Å². The van der Waals surface area contributed by atoms with E-state index in [0.29, 0.717) is 19.6 Å². The smallest absolute Gasteiger partial charge is 0.434 e. The molecule has 0 aromatic carbocycles. The van der Waals surface area contributed by atoms with Gasteiger partial charge < -0.3 is 23.8 Å². The predicted molar refractivity (Wildman–Crippen MR) is 87.1 cm³/mol. The van der Waals surface area contributed by atoms with Crippen LogP contribution in [0.15, 0.2) is 32.0 Å². The fourth-order valence-corrected chi connectivity index (χ4v) is 2.80. The molecule has 10 nitrogen and oxygen atoms in total. The first-order valence-electron chi connectivity index (χ1n) is 8.36. The Bertz CT molecular complexity index is 781. The lowest BCUT2D eigenvalue weighted by molar-refractivity contribution is -0.126. The number of nitrogens with one attached hydrogen (secondary N) is 2. The number of aromatic nitrogens is 2. The van der Waals surface area contributed by atoms with Gasteiger partial charge in [0, 0.05) is 19.6 Å². The quantitative estimate of drug-likeness (QED) is 0.668. The minimum Gasteiger partial charge on any atom is -0.459 e. The Morgan fingerprint density at radius 3 is 3.08 bits per heavy atom. The molecule has 2 amide bonds. The molecule has 1 atom stereocenters. The zero-order valence-electron chi connectivity index (χ0n) is 14.1. The summed E-state index contributed by atoms with van der Waals surface area (Å²) in [5.41, 5.74) is 0. The monoisotopic (exact) mass is 364 g/mol. The van der Waals surface area contributed by atoms with E-state index in [1.807, 2.05) is 0 Å². The van der Waals surface area contributed by atoms with Crippen molar-refractivity contribution < 1.29 is 23.2 Å². The van der Waals surface area contributed by atoms with Gasteiger partial charge >= 0.3 is 5.76 Å². The number of amides is 2. The molecular formula is C16H20N4O6. The van der Waals surface area contributed by atoms with E-state index < -0.39 is 5.76 Å². The Kier molecular flexibility index (Phi) is 5.84. The number of rotatable bonds is 7. The van der Waals surface area contributed by atoms with Gasteiger partial charge in [0.1, 0.15) is 6.61 Å². The SMILES string of the molecule is O=C(NCCOCc1n[nH]c(=O)o1)C1CCCN(C(=O)c2ccco2)C1. The van der Waals surface area contributed by atoms with Crippen LogP contribution in [0.5, 0.6) is 0 Å². The Balaban J connectivity index is 1.38. The second kappa shape index (κ2) is 8.48. The molecule has 1 fully saturated rings. The fourth-order valence-electron chi connectivity index (χ4n) is 2.80. The summed E-state index contributed by atoms with van der Waals surface area (Å²) in [4.78, 5) is 37.0. The first kappa shape index (κ1) is 17.9. The number of nitrogens with zero attached hydrogens (tertiary/aromatic N) is 2. The van der Waals surface area contributed by atoms with E-state index in [2.05, 4.69) is 15.5 Å². The van der Waals surface area contributed by atoms with E-state index in [0.717, 1.165) is 12.8 Å². The Morgan fingerprint density at radius 1 is 1.46 bits per heavy atom. The summed E-state index contributed by atoms with van der Waals surface area (Å²) >= 11 is 0. The molecule has 1 aliphatic heterocycles. The van der Waals surface area contributed by atoms with Crippen molar-refractivity contribution in [3.05, 3.63) is 40.6 Å². The second-order valence-corrected chi connectivity index (χ2v) is 5.92. The van der Waals surface area contributed by atoms with Crippen LogP contribution in [0.3, 0.4) is 0 Å². The summed E-state index contributed by atoms with van der Waals surface area (Å²) in [6.07, 6.45) is 2.95. The van der Waals surface area contributed by atoms with Crippen LogP contribution in [0.2, 0.25) is 0 Å². The molecular weight excluding hydrogens is 344 g/mol. The average molecular weight is 364 g/mol. The third-order valence-corrected chi connectivity index (χ3v) is 4.06. The molecule has 0 saturated carbocycles. The van der Waals surface area contributed by atoms with Crippen LogP contribution in [-0.4, -0.2) is 53.2 Å². The van der Waals surface area contributed by atoms with Gasteiger partial charge in [0.2, 0.25) is 11.8 Å².